The van der Waals surface area contributed by atoms with Crippen LogP contribution in [0, 0.1) is 5.92 Å². The molecule has 28 heavy (non-hydrogen) atoms. The summed E-state index contributed by atoms with van der Waals surface area (Å²) in [4.78, 5) is 4.15. The molecule has 0 saturated heterocycles. The molecule has 1 aromatic rings. The third-order valence-electron chi connectivity index (χ3n) is 4.21. The Morgan fingerprint density at radius 1 is 1.25 bits per heavy atom. The number of ether oxygens (including phenoxy) is 3. The third kappa shape index (κ3) is 8.73. The first-order chi connectivity index (χ1) is 13.6. The summed E-state index contributed by atoms with van der Waals surface area (Å²) in [5.41, 5.74) is 0.597. The standard InChI is InChI=1S/C20H31F2N3O3/c1-3-10-27-17-8-7-16(18(12-17)28-19(21)22)13-25-20(23-2)24-9-4-11-26-14-15-5-6-15/h7-8,12,15,19H,3-6,9-11,13-14H2,1-2H3,(H2,23,24,25). The van der Waals surface area contributed by atoms with E-state index in [2.05, 4.69) is 20.4 Å². The molecule has 1 aliphatic rings. The van der Waals surface area contributed by atoms with Crippen molar-refractivity contribution in [3.8, 4) is 11.5 Å². The van der Waals surface area contributed by atoms with Crippen molar-refractivity contribution in [1.82, 2.24) is 10.6 Å². The predicted octanol–water partition coefficient (Wildman–Crippen LogP) is 3.56. The molecule has 6 nitrogen and oxygen atoms in total. The quantitative estimate of drug-likeness (QED) is 0.302. The van der Waals surface area contributed by atoms with Gasteiger partial charge >= 0.3 is 6.61 Å². The van der Waals surface area contributed by atoms with E-state index in [-0.39, 0.29) is 5.75 Å². The molecule has 1 fully saturated rings. The SMILES string of the molecule is CCCOc1ccc(CNC(=NC)NCCCOCC2CC2)c(OC(F)F)c1. The van der Waals surface area contributed by atoms with Gasteiger partial charge in [0, 0.05) is 45.0 Å². The van der Waals surface area contributed by atoms with E-state index < -0.39 is 6.61 Å². The maximum absolute atomic E-state index is 12.7. The Hall–Kier alpha value is -2.09. The summed E-state index contributed by atoms with van der Waals surface area (Å²) in [6.45, 7) is 2.19. The van der Waals surface area contributed by atoms with E-state index in [1.54, 1.807) is 19.2 Å². The van der Waals surface area contributed by atoms with Crippen molar-refractivity contribution in [3.05, 3.63) is 23.8 Å². The van der Waals surface area contributed by atoms with Crippen molar-refractivity contribution in [2.24, 2.45) is 10.9 Å². The van der Waals surface area contributed by atoms with Gasteiger partial charge in [-0.2, -0.15) is 8.78 Å². The van der Waals surface area contributed by atoms with E-state index in [1.807, 2.05) is 6.92 Å². The van der Waals surface area contributed by atoms with Crippen LogP contribution in [-0.4, -0.2) is 46.0 Å². The summed E-state index contributed by atoms with van der Waals surface area (Å²) in [5.74, 6) is 1.97. The molecule has 0 spiro atoms. The fraction of sp³-hybridized carbons (Fsp3) is 0.650. The minimum absolute atomic E-state index is 0.0973. The molecule has 0 heterocycles. The minimum atomic E-state index is -2.90. The summed E-state index contributed by atoms with van der Waals surface area (Å²) in [6, 6.07) is 4.96. The van der Waals surface area contributed by atoms with Crippen molar-refractivity contribution in [2.45, 2.75) is 45.8 Å². The van der Waals surface area contributed by atoms with Crippen molar-refractivity contribution in [2.75, 3.05) is 33.4 Å². The zero-order valence-corrected chi connectivity index (χ0v) is 16.7. The van der Waals surface area contributed by atoms with Crippen molar-refractivity contribution in [3.63, 3.8) is 0 Å². The molecule has 0 radical (unpaired) electrons. The Morgan fingerprint density at radius 3 is 2.75 bits per heavy atom. The number of aliphatic imine (C=N–C) groups is 1. The van der Waals surface area contributed by atoms with Crippen molar-refractivity contribution in [1.29, 1.82) is 0 Å². The minimum Gasteiger partial charge on any atom is -0.493 e. The highest BCUT2D eigenvalue weighted by molar-refractivity contribution is 5.79. The van der Waals surface area contributed by atoms with Crippen molar-refractivity contribution < 1.29 is 23.0 Å². The van der Waals surface area contributed by atoms with Crippen LogP contribution >= 0.6 is 0 Å². The van der Waals surface area contributed by atoms with Crippen LogP contribution in [0.5, 0.6) is 11.5 Å². The molecule has 1 saturated carbocycles. The van der Waals surface area contributed by atoms with Crippen LogP contribution in [0.1, 0.15) is 38.2 Å². The van der Waals surface area contributed by atoms with E-state index in [0.29, 0.717) is 43.6 Å². The van der Waals surface area contributed by atoms with Crippen molar-refractivity contribution >= 4 is 5.96 Å². The van der Waals surface area contributed by atoms with Crippen LogP contribution in [0.3, 0.4) is 0 Å². The second-order valence-corrected chi connectivity index (χ2v) is 6.72. The molecule has 1 aliphatic carbocycles. The van der Waals surface area contributed by atoms with Gasteiger partial charge in [0.25, 0.3) is 0 Å². The van der Waals surface area contributed by atoms with Crippen LogP contribution < -0.4 is 20.1 Å². The third-order valence-corrected chi connectivity index (χ3v) is 4.21. The van der Waals surface area contributed by atoms with Gasteiger partial charge in [-0.1, -0.05) is 6.92 Å². The number of guanidine groups is 1. The van der Waals surface area contributed by atoms with Crippen LogP contribution in [0.25, 0.3) is 0 Å². The second-order valence-electron chi connectivity index (χ2n) is 6.72. The van der Waals surface area contributed by atoms with Gasteiger partial charge in [0.1, 0.15) is 11.5 Å². The lowest BCUT2D eigenvalue weighted by molar-refractivity contribution is -0.0505. The lowest BCUT2D eigenvalue weighted by Gasteiger charge is -2.16. The predicted molar refractivity (Wildman–Crippen MR) is 105 cm³/mol. The Balaban J connectivity index is 1.78. The summed E-state index contributed by atoms with van der Waals surface area (Å²) in [6.07, 6.45) is 4.29. The summed E-state index contributed by atoms with van der Waals surface area (Å²) in [5, 5.41) is 6.30. The van der Waals surface area contributed by atoms with Crippen LogP contribution in [0.15, 0.2) is 23.2 Å². The number of nitrogens with one attached hydrogen (secondary N) is 2. The number of rotatable bonds is 13. The Kier molecular flexibility index (Phi) is 9.82. The number of hydrogen-bond acceptors (Lipinski definition) is 4. The first-order valence-electron chi connectivity index (χ1n) is 9.85. The van der Waals surface area contributed by atoms with Gasteiger partial charge < -0.3 is 24.8 Å². The summed E-state index contributed by atoms with van der Waals surface area (Å²) >= 11 is 0. The van der Waals surface area contributed by atoms with Crippen LogP contribution in [0.4, 0.5) is 8.78 Å². The van der Waals surface area contributed by atoms with Gasteiger partial charge in [0.05, 0.1) is 6.61 Å². The summed E-state index contributed by atoms with van der Waals surface area (Å²) < 4.78 is 41.2. The van der Waals surface area contributed by atoms with Gasteiger partial charge in [-0.05, 0) is 43.7 Å². The molecule has 158 valence electrons. The Morgan fingerprint density at radius 2 is 2.07 bits per heavy atom. The molecule has 8 heteroatoms. The average Bonchev–Trinajstić information content (AvgIpc) is 3.50. The zero-order chi connectivity index (χ0) is 20.2. The highest BCUT2D eigenvalue weighted by atomic mass is 19.3. The fourth-order valence-electron chi connectivity index (χ4n) is 2.51. The highest BCUT2D eigenvalue weighted by Gasteiger charge is 2.20. The molecule has 0 atom stereocenters. The van der Waals surface area contributed by atoms with E-state index >= 15 is 0 Å². The molecular weight excluding hydrogens is 368 g/mol. The number of hydrogen-bond donors (Lipinski definition) is 2. The van der Waals surface area contributed by atoms with Gasteiger partial charge in [0.15, 0.2) is 5.96 Å². The molecule has 0 amide bonds. The lowest BCUT2D eigenvalue weighted by Crippen LogP contribution is -2.37. The maximum Gasteiger partial charge on any atom is 0.387 e. The average molecular weight is 399 g/mol. The van der Waals surface area contributed by atoms with E-state index in [4.69, 9.17) is 9.47 Å². The monoisotopic (exact) mass is 399 g/mol. The van der Waals surface area contributed by atoms with E-state index in [0.717, 1.165) is 25.4 Å². The van der Waals surface area contributed by atoms with Gasteiger partial charge in [-0.3, -0.25) is 4.99 Å². The second kappa shape index (κ2) is 12.4. The molecule has 0 aromatic heterocycles. The maximum atomic E-state index is 12.7. The van der Waals surface area contributed by atoms with Crippen LogP contribution in [0.2, 0.25) is 0 Å². The number of alkyl halides is 2. The molecular formula is C20H31F2N3O3. The number of benzene rings is 1. The van der Waals surface area contributed by atoms with Crippen LogP contribution in [-0.2, 0) is 11.3 Å². The lowest BCUT2D eigenvalue weighted by atomic mass is 10.2. The summed E-state index contributed by atoms with van der Waals surface area (Å²) in [7, 11) is 1.66. The molecule has 2 rings (SSSR count). The Labute approximate surface area is 165 Å². The van der Waals surface area contributed by atoms with E-state index in [9.17, 15) is 8.78 Å². The van der Waals surface area contributed by atoms with Gasteiger partial charge in [0.2, 0.25) is 0 Å². The highest BCUT2D eigenvalue weighted by Crippen LogP contribution is 2.28. The van der Waals surface area contributed by atoms with Gasteiger partial charge in [-0.15, -0.1) is 0 Å². The zero-order valence-electron chi connectivity index (χ0n) is 16.7. The smallest absolute Gasteiger partial charge is 0.387 e. The Bertz CT molecular complexity index is 610. The molecule has 1 aromatic carbocycles. The van der Waals surface area contributed by atoms with Gasteiger partial charge in [-0.25, -0.2) is 0 Å². The first-order valence-corrected chi connectivity index (χ1v) is 9.85. The normalized spacial score (nSPS) is 14.2. The molecule has 2 N–H and O–H groups in total. The largest absolute Gasteiger partial charge is 0.493 e. The van der Waals surface area contributed by atoms with E-state index in [1.165, 1.54) is 18.9 Å². The molecule has 0 unspecified atom stereocenters. The number of nitrogens with zero attached hydrogens (tertiary/aromatic N) is 1. The fourth-order valence-corrected chi connectivity index (χ4v) is 2.51. The molecule has 0 aliphatic heterocycles. The first kappa shape index (κ1) is 22.2. The number of halogens is 2. The molecule has 0 bridgehead atoms. The topological polar surface area (TPSA) is 64.1 Å².